The molecule has 3 rings (SSSR count). The molecule has 2 heterocycles. The Bertz CT molecular complexity index is 910. The predicted molar refractivity (Wildman–Crippen MR) is 100 cm³/mol. The van der Waals surface area contributed by atoms with Gasteiger partial charge in [0.25, 0.3) is 10.0 Å². The molecule has 1 aliphatic rings. The molecule has 1 aliphatic heterocycles. The van der Waals surface area contributed by atoms with Gasteiger partial charge in [0.1, 0.15) is 0 Å². The number of aromatic nitrogens is 2. The van der Waals surface area contributed by atoms with Crippen LogP contribution in [0.3, 0.4) is 0 Å². The van der Waals surface area contributed by atoms with E-state index in [4.69, 9.17) is 0 Å². The molecule has 8 heteroatoms. The molecule has 1 aromatic carbocycles. The summed E-state index contributed by atoms with van der Waals surface area (Å²) in [6.07, 6.45) is 2.23. The molecule has 1 aromatic heterocycles. The molecule has 7 nitrogen and oxygen atoms in total. The Hall–Kier alpha value is -2.48. The van der Waals surface area contributed by atoms with Gasteiger partial charge < -0.3 is 4.90 Å². The van der Waals surface area contributed by atoms with Crippen molar-refractivity contribution in [2.45, 2.75) is 38.5 Å². The number of anilines is 2. The average molecular weight is 374 g/mol. The van der Waals surface area contributed by atoms with Crippen LogP contribution in [0.1, 0.15) is 41.5 Å². The van der Waals surface area contributed by atoms with Crippen LogP contribution in [0.25, 0.3) is 0 Å². The van der Waals surface area contributed by atoms with E-state index < -0.39 is 10.0 Å². The third-order valence-corrected chi connectivity index (χ3v) is 5.82. The molecular formula is C18H22N4O3S. The molecule has 0 radical (unpaired) electrons. The summed E-state index contributed by atoms with van der Waals surface area (Å²) in [5.41, 5.74) is 2.03. The molecule has 1 fully saturated rings. The fraction of sp³-hybridized carbons (Fsp3) is 0.389. The minimum absolute atomic E-state index is 0.0879. The van der Waals surface area contributed by atoms with Gasteiger partial charge in [0, 0.05) is 18.7 Å². The van der Waals surface area contributed by atoms with E-state index in [0.717, 1.165) is 25.9 Å². The van der Waals surface area contributed by atoms with Crippen molar-refractivity contribution >= 4 is 27.4 Å². The summed E-state index contributed by atoms with van der Waals surface area (Å²) in [6.45, 7) is 6.82. The first kappa shape index (κ1) is 18.3. The minimum Gasteiger partial charge on any atom is -0.341 e. The van der Waals surface area contributed by atoms with Crippen LogP contribution in [0.2, 0.25) is 0 Å². The van der Waals surface area contributed by atoms with Crippen molar-refractivity contribution in [3.63, 3.8) is 0 Å². The lowest BCUT2D eigenvalue weighted by Crippen LogP contribution is -2.22. The molecule has 0 unspecified atom stereocenters. The van der Waals surface area contributed by atoms with Crippen molar-refractivity contribution in [1.82, 2.24) is 9.97 Å². The Morgan fingerprint density at radius 1 is 1.04 bits per heavy atom. The maximum atomic E-state index is 12.7. The summed E-state index contributed by atoms with van der Waals surface area (Å²) in [6, 6.07) is 5.85. The number of nitrogens with one attached hydrogen (secondary N) is 1. The normalized spacial score (nSPS) is 14.5. The number of Topliss-reactive ketones (excluding diaryl/α,β-unsaturated/α-hetero) is 1. The fourth-order valence-corrected chi connectivity index (χ4v) is 4.14. The molecule has 2 aromatic rings. The van der Waals surface area contributed by atoms with Crippen LogP contribution in [0.15, 0.2) is 29.2 Å². The zero-order valence-corrected chi connectivity index (χ0v) is 15.9. The van der Waals surface area contributed by atoms with Gasteiger partial charge >= 0.3 is 0 Å². The SMILES string of the molecule is CC(=O)c1ccc(S(=O)(=O)Nc2c(C)nc(N3CCCC3)nc2C)cc1. The van der Waals surface area contributed by atoms with E-state index in [-0.39, 0.29) is 10.7 Å². The molecule has 0 bridgehead atoms. The number of nitrogens with zero attached hydrogens (tertiary/aromatic N) is 3. The van der Waals surface area contributed by atoms with Gasteiger partial charge in [-0.25, -0.2) is 18.4 Å². The quantitative estimate of drug-likeness (QED) is 0.809. The van der Waals surface area contributed by atoms with Gasteiger partial charge in [-0.2, -0.15) is 0 Å². The first-order valence-electron chi connectivity index (χ1n) is 8.52. The summed E-state index contributed by atoms with van der Waals surface area (Å²) >= 11 is 0. The number of ketones is 1. The van der Waals surface area contributed by atoms with E-state index in [9.17, 15) is 13.2 Å². The van der Waals surface area contributed by atoms with Crippen LogP contribution in [-0.2, 0) is 10.0 Å². The third kappa shape index (κ3) is 3.70. The van der Waals surface area contributed by atoms with Crippen LogP contribution < -0.4 is 9.62 Å². The number of carbonyl (C=O) groups is 1. The van der Waals surface area contributed by atoms with Gasteiger partial charge in [-0.15, -0.1) is 0 Å². The molecule has 0 aliphatic carbocycles. The van der Waals surface area contributed by atoms with Gasteiger partial charge in [-0.1, -0.05) is 12.1 Å². The molecule has 1 N–H and O–H groups in total. The van der Waals surface area contributed by atoms with E-state index >= 15 is 0 Å². The Labute approximate surface area is 153 Å². The Balaban J connectivity index is 1.88. The van der Waals surface area contributed by atoms with E-state index in [1.807, 2.05) is 0 Å². The highest BCUT2D eigenvalue weighted by molar-refractivity contribution is 7.92. The van der Waals surface area contributed by atoms with Crippen LogP contribution >= 0.6 is 0 Å². The summed E-state index contributed by atoms with van der Waals surface area (Å²) in [5.74, 6) is 0.533. The number of sulfonamides is 1. The van der Waals surface area contributed by atoms with Gasteiger partial charge in [-0.05, 0) is 45.7 Å². The average Bonchev–Trinajstić information content (AvgIpc) is 3.12. The second kappa shape index (κ2) is 7.03. The van der Waals surface area contributed by atoms with E-state index in [2.05, 4.69) is 19.6 Å². The fourth-order valence-electron chi connectivity index (χ4n) is 2.97. The van der Waals surface area contributed by atoms with E-state index in [1.165, 1.54) is 31.2 Å². The lowest BCUT2D eigenvalue weighted by molar-refractivity contribution is 0.101. The molecule has 26 heavy (non-hydrogen) atoms. The molecule has 0 saturated carbocycles. The summed E-state index contributed by atoms with van der Waals surface area (Å²) in [5, 5.41) is 0. The summed E-state index contributed by atoms with van der Waals surface area (Å²) in [4.78, 5) is 22.5. The van der Waals surface area contributed by atoms with Gasteiger partial charge in [-0.3, -0.25) is 9.52 Å². The first-order chi connectivity index (χ1) is 12.3. The Kier molecular flexibility index (Phi) is 4.95. The number of rotatable bonds is 5. The van der Waals surface area contributed by atoms with Crippen molar-refractivity contribution in [2.75, 3.05) is 22.7 Å². The van der Waals surface area contributed by atoms with Crippen LogP contribution in [0.4, 0.5) is 11.6 Å². The molecule has 0 atom stereocenters. The van der Waals surface area contributed by atoms with Crippen molar-refractivity contribution in [3.8, 4) is 0 Å². The number of hydrogen-bond acceptors (Lipinski definition) is 6. The zero-order chi connectivity index (χ0) is 18.9. The van der Waals surface area contributed by atoms with Gasteiger partial charge in [0.15, 0.2) is 5.78 Å². The van der Waals surface area contributed by atoms with Crippen LogP contribution in [0, 0.1) is 13.8 Å². The zero-order valence-electron chi connectivity index (χ0n) is 15.1. The third-order valence-electron chi connectivity index (χ3n) is 4.46. The van der Waals surface area contributed by atoms with Crippen molar-refractivity contribution in [2.24, 2.45) is 0 Å². The second-order valence-electron chi connectivity index (χ2n) is 6.45. The van der Waals surface area contributed by atoms with Crippen LogP contribution in [0.5, 0.6) is 0 Å². The first-order valence-corrected chi connectivity index (χ1v) is 10.0. The largest absolute Gasteiger partial charge is 0.341 e. The van der Waals surface area contributed by atoms with Crippen LogP contribution in [-0.4, -0.2) is 37.3 Å². The predicted octanol–water partition coefficient (Wildman–Crippen LogP) is 2.70. The number of carbonyl (C=O) groups excluding carboxylic acids is 1. The maximum absolute atomic E-state index is 12.7. The number of benzene rings is 1. The molecule has 0 amide bonds. The van der Waals surface area contributed by atoms with E-state index in [1.54, 1.807) is 13.8 Å². The van der Waals surface area contributed by atoms with Gasteiger partial charge in [0.2, 0.25) is 5.95 Å². The lowest BCUT2D eigenvalue weighted by atomic mass is 10.2. The molecule has 138 valence electrons. The lowest BCUT2D eigenvalue weighted by Gasteiger charge is -2.19. The van der Waals surface area contributed by atoms with Crippen molar-refractivity contribution in [3.05, 3.63) is 41.2 Å². The highest BCUT2D eigenvalue weighted by Gasteiger charge is 2.21. The van der Waals surface area contributed by atoms with E-state index in [0.29, 0.717) is 28.6 Å². The summed E-state index contributed by atoms with van der Waals surface area (Å²) in [7, 11) is -3.79. The number of aryl methyl sites for hydroxylation is 2. The highest BCUT2D eigenvalue weighted by Crippen LogP contribution is 2.25. The van der Waals surface area contributed by atoms with Crippen molar-refractivity contribution < 1.29 is 13.2 Å². The molecular weight excluding hydrogens is 352 g/mol. The summed E-state index contributed by atoms with van der Waals surface area (Å²) < 4.78 is 27.9. The monoisotopic (exact) mass is 374 g/mol. The minimum atomic E-state index is -3.79. The topological polar surface area (TPSA) is 92.3 Å². The number of hydrogen-bond donors (Lipinski definition) is 1. The smallest absolute Gasteiger partial charge is 0.262 e. The molecule has 1 saturated heterocycles. The highest BCUT2D eigenvalue weighted by atomic mass is 32.2. The maximum Gasteiger partial charge on any atom is 0.262 e. The second-order valence-corrected chi connectivity index (χ2v) is 8.13. The van der Waals surface area contributed by atoms with Crippen molar-refractivity contribution in [1.29, 1.82) is 0 Å². The molecule has 0 spiro atoms. The standard InChI is InChI=1S/C18H22N4O3S/c1-12-17(13(2)20-18(19-12)22-10-4-5-11-22)21-26(24,25)16-8-6-15(7-9-16)14(3)23/h6-9,21H,4-5,10-11H2,1-3H3. The Morgan fingerprint density at radius 2 is 1.58 bits per heavy atom. The van der Waals surface area contributed by atoms with Gasteiger partial charge in [0.05, 0.1) is 22.0 Å². The Morgan fingerprint density at radius 3 is 2.08 bits per heavy atom.